The van der Waals surface area contributed by atoms with Crippen molar-refractivity contribution in [2.45, 2.75) is 6.92 Å². The van der Waals surface area contributed by atoms with Gasteiger partial charge in [-0.05, 0) is 36.8 Å². The van der Waals surface area contributed by atoms with Crippen LogP contribution in [-0.2, 0) is 0 Å². The number of carbonyl (C=O) groups excluding carboxylic acids is 2. The van der Waals surface area contributed by atoms with E-state index in [-0.39, 0.29) is 11.5 Å². The highest BCUT2D eigenvalue weighted by atomic mass is 16.4. The number of benzene rings is 2. The van der Waals surface area contributed by atoms with Crippen molar-refractivity contribution < 1.29 is 14.7 Å². The first kappa shape index (κ1) is 12.8. The van der Waals surface area contributed by atoms with Crippen molar-refractivity contribution in [3.05, 3.63) is 65.2 Å². The van der Waals surface area contributed by atoms with Crippen LogP contribution in [0.5, 0.6) is 0 Å². The summed E-state index contributed by atoms with van der Waals surface area (Å²) in [6, 6.07) is 13.0. The van der Waals surface area contributed by atoms with Crippen molar-refractivity contribution in [1.82, 2.24) is 0 Å². The second-order valence-electron chi connectivity index (χ2n) is 4.18. The number of anilines is 1. The van der Waals surface area contributed by atoms with Crippen molar-refractivity contribution in [2.75, 3.05) is 5.32 Å². The molecule has 2 aromatic rings. The van der Waals surface area contributed by atoms with Gasteiger partial charge in [-0.25, -0.2) is 0 Å². The molecule has 0 atom stereocenters. The molecule has 0 spiro atoms. The molecule has 0 saturated heterocycles. The minimum atomic E-state index is -1.24. The Labute approximate surface area is 110 Å². The predicted octanol–water partition coefficient (Wildman–Crippen LogP) is 1.61. The fourth-order valence-corrected chi connectivity index (χ4v) is 1.60. The number of carboxylic acids is 1. The van der Waals surface area contributed by atoms with Crippen LogP contribution in [0.1, 0.15) is 26.3 Å². The van der Waals surface area contributed by atoms with Crippen molar-refractivity contribution in [1.29, 1.82) is 0 Å². The van der Waals surface area contributed by atoms with E-state index in [9.17, 15) is 14.7 Å². The molecule has 1 amide bonds. The molecule has 0 radical (unpaired) electrons. The average molecular weight is 254 g/mol. The summed E-state index contributed by atoms with van der Waals surface area (Å²) in [5.41, 5.74) is 2.24. The summed E-state index contributed by atoms with van der Waals surface area (Å²) in [7, 11) is 0. The lowest BCUT2D eigenvalue weighted by Gasteiger charge is -2.07. The lowest BCUT2D eigenvalue weighted by atomic mass is 10.1. The zero-order valence-electron chi connectivity index (χ0n) is 10.3. The predicted molar refractivity (Wildman–Crippen MR) is 69.9 cm³/mol. The molecule has 1 N–H and O–H groups in total. The van der Waals surface area contributed by atoms with Gasteiger partial charge in [0.2, 0.25) is 0 Å². The van der Waals surface area contributed by atoms with E-state index in [4.69, 9.17) is 0 Å². The highest BCUT2D eigenvalue weighted by Gasteiger charge is 2.05. The normalized spacial score (nSPS) is 9.95. The van der Waals surface area contributed by atoms with Gasteiger partial charge in [0.05, 0.1) is 5.97 Å². The molecule has 0 aliphatic rings. The maximum atomic E-state index is 11.9. The van der Waals surface area contributed by atoms with Crippen LogP contribution in [0.25, 0.3) is 0 Å². The topological polar surface area (TPSA) is 69.2 Å². The number of nitrogens with one attached hydrogen (secondary N) is 1. The largest absolute Gasteiger partial charge is 0.545 e. The van der Waals surface area contributed by atoms with E-state index in [1.54, 1.807) is 12.1 Å². The van der Waals surface area contributed by atoms with Gasteiger partial charge in [0.25, 0.3) is 5.91 Å². The molecule has 0 saturated carbocycles. The van der Waals surface area contributed by atoms with E-state index in [0.29, 0.717) is 11.3 Å². The van der Waals surface area contributed by atoms with Crippen molar-refractivity contribution in [2.24, 2.45) is 0 Å². The van der Waals surface area contributed by atoms with Crippen LogP contribution < -0.4 is 10.4 Å². The van der Waals surface area contributed by atoms with Gasteiger partial charge in [0, 0.05) is 11.3 Å². The number of amides is 1. The van der Waals surface area contributed by atoms with Crippen LogP contribution in [-0.4, -0.2) is 11.9 Å². The lowest BCUT2D eigenvalue weighted by Crippen LogP contribution is -2.22. The zero-order valence-corrected chi connectivity index (χ0v) is 10.3. The van der Waals surface area contributed by atoms with Gasteiger partial charge in [-0.1, -0.05) is 29.8 Å². The standard InChI is InChI=1S/C15H13NO3/c1-10-2-4-11(5-3-10)14(17)16-13-8-6-12(7-9-13)15(18)19/h2-9H,1H3,(H,16,17)(H,18,19)/p-1. The van der Waals surface area contributed by atoms with Gasteiger partial charge in [-0.2, -0.15) is 0 Å². The monoisotopic (exact) mass is 254 g/mol. The van der Waals surface area contributed by atoms with Crippen LogP contribution >= 0.6 is 0 Å². The summed E-state index contributed by atoms with van der Waals surface area (Å²) in [6.45, 7) is 1.94. The first-order chi connectivity index (χ1) is 9.06. The van der Waals surface area contributed by atoms with Crippen molar-refractivity contribution in [3.8, 4) is 0 Å². The Hall–Kier alpha value is -2.62. The third kappa shape index (κ3) is 3.19. The Bertz CT molecular complexity index is 600. The fraction of sp³-hybridized carbons (Fsp3) is 0.0667. The summed E-state index contributed by atoms with van der Waals surface area (Å²) in [6.07, 6.45) is 0. The Morgan fingerprint density at radius 2 is 1.42 bits per heavy atom. The number of aryl methyl sites for hydroxylation is 1. The second kappa shape index (κ2) is 5.35. The first-order valence-corrected chi connectivity index (χ1v) is 5.76. The van der Waals surface area contributed by atoms with E-state index in [0.717, 1.165) is 5.56 Å². The quantitative estimate of drug-likeness (QED) is 0.904. The summed E-state index contributed by atoms with van der Waals surface area (Å²) in [5.74, 6) is -1.47. The second-order valence-corrected chi connectivity index (χ2v) is 4.18. The van der Waals surface area contributed by atoms with E-state index in [1.807, 2.05) is 19.1 Å². The maximum absolute atomic E-state index is 11.9. The molecule has 19 heavy (non-hydrogen) atoms. The van der Waals surface area contributed by atoms with Gasteiger partial charge >= 0.3 is 0 Å². The summed E-state index contributed by atoms with van der Waals surface area (Å²) < 4.78 is 0. The van der Waals surface area contributed by atoms with Gasteiger partial charge in [0.15, 0.2) is 0 Å². The Kier molecular flexibility index (Phi) is 3.61. The molecule has 0 unspecified atom stereocenters. The molecular weight excluding hydrogens is 242 g/mol. The summed E-state index contributed by atoms with van der Waals surface area (Å²) in [5, 5.41) is 13.3. The minimum Gasteiger partial charge on any atom is -0.545 e. The molecule has 2 rings (SSSR count). The molecule has 96 valence electrons. The molecule has 0 bridgehead atoms. The van der Waals surface area contributed by atoms with E-state index in [2.05, 4.69) is 5.32 Å². The summed E-state index contributed by atoms with van der Waals surface area (Å²) >= 11 is 0. The van der Waals surface area contributed by atoms with Gasteiger partial charge in [-0.3, -0.25) is 4.79 Å². The van der Waals surface area contributed by atoms with Crippen LogP contribution in [0, 0.1) is 6.92 Å². The molecule has 0 heterocycles. The van der Waals surface area contributed by atoms with Crippen LogP contribution in [0.3, 0.4) is 0 Å². The SMILES string of the molecule is Cc1ccc(C(=O)Nc2ccc(C(=O)[O-])cc2)cc1. The Balaban J connectivity index is 2.10. The molecule has 0 fully saturated rings. The molecule has 2 aromatic carbocycles. The smallest absolute Gasteiger partial charge is 0.255 e. The van der Waals surface area contributed by atoms with E-state index < -0.39 is 5.97 Å². The van der Waals surface area contributed by atoms with Crippen LogP contribution in [0.2, 0.25) is 0 Å². The van der Waals surface area contributed by atoms with Crippen molar-refractivity contribution >= 4 is 17.6 Å². The van der Waals surface area contributed by atoms with Gasteiger partial charge in [0.1, 0.15) is 0 Å². The molecular formula is C15H12NO3-. The highest BCUT2D eigenvalue weighted by molar-refractivity contribution is 6.04. The number of hydrogen-bond acceptors (Lipinski definition) is 3. The molecule has 0 aliphatic carbocycles. The molecule has 4 nitrogen and oxygen atoms in total. The highest BCUT2D eigenvalue weighted by Crippen LogP contribution is 2.11. The van der Waals surface area contributed by atoms with Crippen LogP contribution in [0.4, 0.5) is 5.69 Å². The van der Waals surface area contributed by atoms with E-state index >= 15 is 0 Å². The Morgan fingerprint density at radius 1 is 0.895 bits per heavy atom. The van der Waals surface area contributed by atoms with Crippen molar-refractivity contribution in [3.63, 3.8) is 0 Å². The molecule has 4 heteroatoms. The summed E-state index contributed by atoms with van der Waals surface area (Å²) in [4.78, 5) is 22.5. The molecule has 0 aromatic heterocycles. The third-order valence-electron chi connectivity index (χ3n) is 2.69. The first-order valence-electron chi connectivity index (χ1n) is 5.76. The number of carboxylic acid groups (broad SMARTS) is 1. The van der Waals surface area contributed by atoms with E-state index in [1.165, 1.54) is 24.3 Å². The number of carbonyl (C=O) groups is 2. The number of aromatic carboxylic acids is 1. The number of hydrogen-bond donors (Lipinski definition) is 1. The van der Waals surface area contributed by atoms with Gasteiger partial charge in [-0.15, -0.1) is 0 Å². The number of rotatable bonds is 3. The van der Waals surface area contributed by atoms with Crippen LogP contribution in [0.15, 0.2) is 48.5 Å². The van der Waals surface area contributed by atoms with Gasteiger partial charge < -0.3 is 15.2 Å². The average Bonchev–Trinajstić information content (AvgIpc) is 2.40. The zero-order chi connectivity index (χ0) is 13.8. The fourth-order valence-electron chi connectivity index (χ4n) is 1.60. The molecule has 0 aliphatic heterocycles. The lowest BCUT2D eigenvalue weighted by molar-refractivity contribution is -0.255. The third-order valence-corrected chi connectivity index (χ3v) is 2.69. The maximum Gasteiger partial charge on any atom is 0.255 e. The minimum absolute atomic E-state index is 0.0772. The Morgan fingerprint density at radius 3 is 1.95 bits per heavy atom.